The highest BCUT2D eigenvalue weighted by molar-refractivity contribution is 14.1. The summed E-state index contributed by atoms with van der Waals surface area (Å²) in [6.45, 7) is 0. The number of hydrogen-bond acceptors (Lipinski definition) is 4. The Morgan fingerprint density at radius 1 is 1.45 bits per heavy atom. The molecule has 11 heavy (non-hydrogen) atoms. The van der Waals surface area contributed by atoms with Crippen LogP contribution in [0, 0.1) is 0 Å². The number of hydrogen-bond donors (Lipinski definition) is 2. The Hall–Kier alpha value is 0.570. The number of aliphatic hydroxyl groups is 2. The zero-order valence-electron chi connectivity index (χ0n) is 6.11. The van der Waals surface area contributed by atoms with Gasteiger partial charge in [0.15, 0.2) is 6.29 Å². The smallest absolute Gasteiger partial charge is 0.186 e. The van der Waals surface area contributed by atoms with Crippen LogP contribution in [-0.2, 0) is 9.47 Å². The maximum atomic E-state index is 9.30. The maximum Gasteiger partial charge on any atom is 0.186 e. The minimum Gasteiger partial charge on any atom is -0.387 e. The monoisotopic (exact) mass is 274 g/mol. The number of aliphatic hydroxyl groups excluding tert-OH is 2. The summed E-state index contributed by atoms with van der Waals surface area (Å²) in [7, 11) is 1.44. The fourth-order valence-electron chi connectivity index (χ4n) is 1.04. The van der Waals surface area contributed by atoms with E-state index in [1.165, 1.54) is 7.11 Å². The van der Waals surface area contributed by atoms with Crippen molar-refractivity contribution >= 4 is 22.6 Å². The lowest BCUT2D eigenvalue weighted by atomic mass is 10.2. The molecule has 1 fully saturated rings. The van der Waals surface area contributed by atoms with Gasteiger partial charge in [-0.1, -0.05) is 22.6 Å². The van der Waals surface area contributed by atoms with E-state index >= 15 is 0 Å². The van der Waals surface area contributed by atoms with E-state index < -0.39 is 18.5 Å². The van der Waals surface area contributed by atoms with Crippen molar-refractivity contribution < 1.29 is 19.7 Å². The molecule has 0 aliphatic carbocycles. The van der Waals surface area contributed by atoms with Gasteiger partial charge in [0.1, 0.15) is 12.2 Å². The Labute approximate surface area is 78.6 Å². The fourth-order valence-corrected chi connectivity index (χ4v) is 1.77. The molecule has 0 aromatic heterocycles. The zero-order chi connectivity index (χ0) is 8.43. The van der Waals surface area contributed by atoms with Crippen LogP contribution in [0.2, 0.25) is 0 Å². The number of ether oxygens (including phenoxy) is 2. The van der Waals surface area contributed by atoms with E-state index in [0.717, 1.165) is 0 Å². The second-order valence-electron chi connectivity index (χ2n) is 2.41. The van der Waals surface area contributed by atoms with Gasteiger partial charge in [-0.2, -0.15) is 0 Å². The third-order valence-electron chi connectivity index (χ3n) is 1.70. The van der Waals surface area contributed by atoms with Crippen LogP contribution in [0.3, 0.4) is 0 Å². The molecular weight excluding hydrogens is 263 g/mol. The summed E-state index contributed by atoms with van der Waals surface area (Å²) < 4.78 is 10.6. The SMILES string of the molecule is CO[C@H]1O[C@H](CI)[C@@H](O)[C@@H]1O. The highest BCUT2D eigenvalue weighted by Crippen LogP contribution is 2.22. The molecule has 0 spiro atoms. The van der Waals surface area contributed by atoms with Crippen molar-refractivity contribution in [3.8, 4) is 0 Å². The van der Waals surface area contributed by atoms with Crippen molar-refractivity contribution in [3.63, 3.8) is 0 Å². The maximum absolute atomic E-state index is 9.30. The van der Waals surface area contributed by atoms with Gasteiger partial charge in [-0.05, 0) is 0 Å². The summed E-state index contributed by atoms with van der Waals surface area (Å²) in [6, 6.07) is 0. The van der Waals surface area contributed by atoms with E-state index in [9.17, 15) is 10.2 Å². The quantitative estimate of drug-likeness (QED) is 0.527. The van der Waals surface area contributed by atoms with Crippen LogP contribution >= 0.6 is 22.6 Å². The van der Waals surface area contributed by atoms with Crippen molar-refractivity contribution in [1.82, 2.24) is 0 Å². The molecule has 1 saturated heterocycles. The molecule has 0 radical (unpaired) electrons. The van der Waals surface area contributed by atoms with Crippen LogP contribution in [0.4, 0.5) is 0 Å². The van der Waals surface area contributed by atoms with Crippen molar-refractivity contribution in [2.45, 2.75) is 24.6 Å². The summed E-state index contributed by atoms with van der Waals surface area (Å²) >= 11 is 2.09. The Bertz CT molecular complexity index is 114. The number of rotatable bonds is 2. The van der Waals surface area contributed by atoms with Gasteiger partial charge in [0, 0.05) is 11.5 Å². The molecule has 0 amide bonds. The highest BCUT2D eigenvalue weighted by Gasteiger charge is 2.42. The minimum absolute atomic E-state index is 0.310. The van der Waals surface area contributed by atoms with Gasteiger partial charge < -0.3 is 19.7 Å². The van der Waals surface area contributed by atoms with Crippen molar-refractivity contribution in [1.29, 1.82) is 0 Å². The molecule has 5 heteroatoms. The number of alkyl halides is 1. The molecule has 0 unspecified atom stereocenters. The van der Waals surface area contributed by atoms with Gasteiger partial charge in [0.05, 0.1) is 6.10 Å². The third kappa shape index (κ3) is 1.83. The Balaban J connectivity index is 2.53. The normalized spacial score (nSPS) is 44.7. The minimum atomic E-state index is -0.917. The summed E-state index contributed by atoms with van der Waals surface area (Å²) in [5.74, 6) is 0. The van der Waals surface area contributed by atoms with Gasteiger partial charge in [-0.25, -0.2) is 0 Å². The van der Waals surface area contributed by atoms with Gasteiger partial charge in [0.2, 0.25) is 0 Å². The first-order chi connectivity index (χ1) is 5.20. The van der Waals surface area contributed by atoms with Crippen molar-refractivity contribution in [3.05, 3.63) is 0 Å². The predicted octanol–water partition coefficient (Wildman–Crippen LogP) is -0.486. The van der Waals surface area contributed by atoms with Gasteiger partial charge in [-0.15, -0.1) is 0 Å². The molecule has 1 rings (SSSR count). The average Bonchev–Trinajstić information content (AvgIpc) is 2.30. The van der Waals surface area contributed by atoms with E-state index in [1.54, 1.807) is 0 Å². The fraction of sp³-hybridized carbons (Fsp3) is 1.00. The highest BCUT2D eigenvalue weighted by atomic mass is 127. The molecule has 1 aliphatic rings. The summed E-state index contributed by atoms with van der Waals surface area (Å²) in [6.07, 6.45) is -2.73. The summed E-state index contributed by atoms with van der Waals surface area (Å²) in [4.78, 5) is 0. The number of methoxy groups -OCH3 is 1. The van der Waals surface area contributed by atoms with Crippen LogP contribution in [0.25, 0.3) is 0 Å². The first-order valence-corrected chi connectivity index (χ1v) is 4.83. The van der Waals surface area contributed by atoms with Crippen LogP contribution in [-0.4, -0.2) is 46.4 Å². The first kappa shape index (κ1) is 9.66. The third-order valence-corrected chi connectivity index (χ3v) is 2.57. The number of halogens is 1. The first-order valence-electron chi connectivity index (χ1n) is 3.31. The van der Waals surface area contributed by atoms with Crippen molar-refractivity contribution in [2.75, 3.05) is 11.5 Å². The van der Waals surface area contributed by atoms with Gasteiger partial charge in [-0.3, -0.25) is 0 Å². The second kappa shape index (κ2) is 3.99. The predicted molar refractivity (Wildman–Crippen MR) is 46.6 cm³/mol. The van der Waals surface area contributed by atoms with Crippen LogP contribution in [0.5, 0.6) is 0 Å². The molecule has 0 aromatic rings. The second-order valence-corrected chi connectivity index (χ2v) is 3.29. The zero-order valence-corrected chi connectivity index (χ0v) is 8.26. The van der Waals surface area contributed by atoms with E-state index in [2.05, 4.69) is 22.6 Å². The van der Waals surface area contributed by atoms with Crippen LogP contribution in [0.1, 0.15) is 0 Å². The van der Waals surface area contributed by atoms with E-state index in [1.807, 2.05) is 0 Å². The molecule has 1 heterocycles. The average molecular weight is 274 g/mol. The molecule has 66 valence electrons. The molecule has 0 saturated carbocycles. The van der Waals surface area contributed by atoms with Gasteiger partial charge >= 0.3 is 0 Å². The Kier molecular flexibility index (Phi) is 3.51. The van der Waals surface area contributed by atoms with Crippen molar-refractivity contribution in [2.24, 2.45) is 0 Å². The Morgan fingerprint density at radius 3 is 2.36 bits per heavy atom. The molecule has 2 N–H and O–H groups in total. The van der Waals surface area contributed by atoms with E-state index in [0.29, 0.717) is 4.43 Å². The lowest BCUT2D eigenvalue weighted by Crippen LogP contribution is -2.33. The lowest BCUT2D eigenvalue weighted by molar-refractivity contribution is -0.145. The standard InChI is InChI=1S/C6H11IO4/c1-10-6-5(9)4(8)3(2-7)11-6/h3-6,8-9H,2H2,1H3/t3-,4-,5+,6+/m1/s1. The van der Waals surface area contributed by atoms with Crippen LogP contribution < -0.4 is 0 Å². The topological polar surface area (TPSA) is 58.9 Å². The molecular formula is C6H11IO4. The van der Waals surface area contributed by atoms with E-state index in [4.69, 9.17) is 9.47 Å². The summed E-state index contributed by atoms with van der Waals surface area (Å²) in [5, 5.41) is 18.6. The molecule has 1 aliphatic heterocycles. The van der Waals surface area contributed by atoms with Gasteiger partial charge in [0.25, 0.3) is 0 Å². The molecule has 0 bridgehead atoms. The summed E-state index contributed by atoms with van der Waals surface area (Å²) in [5.41, 5.74) is 0. The largest absolute Gasteiger partial charge is 0.387 e. The van der Waals surface area contributed by atoms with E-state index in [-0.39, 0.29) is 6.10 Å². The van der Waals surface area contributed by atoms with Crippen LogP contribution in [0.15, 0.2) is 0 Å². The molecule has 4 nitrogen and oxygen atoms in total. The molecule has 0 aromatic carbocycles. The molecule has 4 atom stereocenters. The Morgan fingerprint density at radius 2 is 2.09 bits per heavy atom. The lowest BCUT2D eigenvalue weighted by Gasteiger charge is -2.11.